The molecule has 4 nitrogen and oxygen atoms in total. The van der Waals surface area contributed by atoms with Crippen molar-refractivity contribution in [2.45, 2.75) is 13.8 Å². The van der Waals surface area contributed by atoms with Crippen LogP contribution in [0.2, 0.25) is 0 Å². The van der Waals surface area contributed by atoms with Gasteiger partial charge in [-0.2, -0.15) is 0 Å². The number of nitrogens with one attached hydrogen (secondary N) is 1. The molecule has 6 heteroatoms. The summed E-state index contributed by atoms with van der Waals surface area (Å²) in [7, 11) is 0. The highest BCUT2D eigenvalue weighted by Gasteiger charge is 2.09. The summed E-state index contributed by atoms with van der Waals surface area (Å²) in [5.74, 6) is -0.479. The minimum Gasteiger partial charge on any atom is -0.368 e. The Kier molecular flexibility index (Phi) is 6.71. The minimum atomic E-state index is -0.878. The minimum absolute atomic E-state index is 0.503. The molecule has 0 saturated heterocycles. The Labute approximate surface area is 186 Å². The fraction of sp³-hybridized carbons (Fsp3) is 0.231. The fourth-order valence-corrected chi connectivity index (χ4v) is 3.70. The first kappa shape index (κ1) is 21.8. The number of anilines is 1. The van der Waals surface area contributed by atoms with Crippen LogP contribution in [-0.4, -0.2) is 41.0 Å². The van der Waals surface area contributed by atoms with E-state index in [1.807, 2.05) is 12.1 Å². The van der Waals surface area contributed by atoms with Crippen LogP contribution in [0.5, 0.6) is 0 Å². The molecule has 32 heavy (non-hydrogen) atoms. The van der Waals surface area contributed by atoms with Crippen molar-refractivity contribution in [3.05, 3.63) is 77.6 Å². The van der Waals surface area contributed by atoms with Gasteiger partial charge in [-0.25, -0.2) is 18.7 Å². The van der Waals surface area contributed by atoms with Gasteiger partial charge >= 0.3 is 0 Å². The fourth-order valence-electron chi connectivity index (χ4n) is 3.70. The second-order valence-corrected chi connectivity index (χ2v) is 7.61. The lowest BCUT2D eigenvalue weighted by Gasteiger charge is -2.18. The van der Waals surface area contributed by atoms with Gasteiger partial charge in [0.15, 0.2) is 17.5 Å². The molecule has 0 unspecified atom stereocenters. The highest BCUT2D eigenvalue weighted by molar-refractivity contribution is 6.01. The molecule has 1 aromatic heterocycles. The van der Waals surface area contributed by atoms with E-state index in [2.05, 4.69) is 48.3 Å². The Morgan fingerprint density at radius 3 is 2.34 bits per heavy atom. The molecule has 0 spiro atoms. The third kappa shape index (κ3) is 4.92. The maximum Gasteiger partial charge on any atom is 0.159 e. The summed E-state index contributed by atoms with van der Waals surface area (Å²) in [5, 5.41) is 6.65. The van der Waals surface area contributed by atoms with Gasteiger partial charge in [0.25, 0.3) is 0 Å². The SMILES string of the molecule is CCN(CC)CCNc1nc(/C=C/c2ccc(F)c(F)c2)nc2cc3ccccc3cc12. The third-order valence-corrected chi connectivity index (χ3v) is 5.56. The zero-order valence-electron chi connectivity index (χ0n) is 18.3. The first-order chi connectivity index (χ1) is 15.6. The summed E-state index contributed by atoms with van der Waals surface area (Å²) in [6, 6.07) is 16.1. The molecule has 1 N–H and O–H groups in total. The first-order valence-corrected chi connectivity index (χ1v) is 10.9. The molecular formula is C26H26F2N4. The van der Waals surface area contributed by atoms with Gasteiger partial charge in [0.05, 0.1) is 5.52 Å². The summed E-state index contributed by atoms with van der Waals surface area (Å²) in [6.07, 6.45) is 3.40. The van der Waals surface area contributed by atoms with Crippen molar-refractivity contribution >= 4 is 39.6 Å². The molecule has 0 aliphatic rings. The molecule has 164 valence electrons. The normalized spacial score (nSPS) is 11.8. The summed E-state index contributed by atoms with van der Waals surface area (Å²) < 4.78 is 26.7. The van der Waals surface area contributed by atoms with Gasteiger partial charge in [-0.1, -0.05) is 50.3 Å². The van der Waals surface area contributed by atoms with Gasteiger partial charge in [-0.05, 0) is 59.8 Å². The number of halogens is 2. The number of aromatic nitrogens is 2. The van der Waals surface area contributed by atoms with Crippen molar-refractivity contribution in [2.75, 3.05) is 31.5 Å². The van der Waals surface area contributed by atoms with Crippen LogP contribution in [0, 0.1) is 11.6 Å². The highest BCUT2D eigenvalue weighted by atomic mass is 19.2. The van der Waals surface area contributed by atoms with Crippen LogP contribution in [-0.2, 0) is 0 Å². The Morgan fingerprint density at radius 1 is 0.875 bits per heavy atom. The van der Waals surface area contributed by atoms with E-state index in [0.717, 1.165) is 65.8 Å². The van der Waals surface area contributed by atoms with E-state index >= 15 is 0 Å². The smallest absolute Gasteiger partial charge is 0.159 e. The first-order valence-electron chi connectivity index (χ1n) is 10.9. The number of benzene rings is 3. The monoisotopic (exact) mass is 432 g/mol. The number of hydrogen-bond acceptors (Lipinski definition) is 4. The average molecular weight is 433 g/mol. The molecule has 4 aromatic rings. The zero-order valence-corrected chi connectivity index (χ0v) is 18.3. The summed E-state index contributed by atoms with van der Waals surface area (Å²) in [5.41, 5.74) is 1.37. The van der Waals surface area contributed by atoms with Crippen molar-refractivity contribution in [3.8, 4) is 0 Å². The quantitative estimate of drug-likeness (QED) is 0.348. The van der Waals surface area contributed by atoms with Crippen LogP contribution in [0.3, 0.4) is 0 Å². The summed E-state index contributed by atoms with van der Waals surface area (Å²) in [6.45, 7) is 7.96. The zero-order chi connectivity index (χ0) is 22.5. The second kappa shape index (κ2) is 9.83. The molecule has 0 amide bonds. The Hall–Kier alpha value is -3.38. The van der Waals surface area contributed by atoms with E-state index in [4.69, 9.17) is 9.97 Å². The Morgan fingerprint density at radius 2 is 1.62 bits per heavy atom. The molecular weight excluding hydrogens is 406 g/mol. The molecule has 0 atom stereocenters. The Bertz CT molecular complexity index is 1270. The van der Waals surface area contributed by atoms with Crippen LogP contribution in [0.1, 0.15) is 25.2 Å². The van der Waals surface area contributed by atoms with Crippen molar-refractivity contribution in [3.63, 3.8) is 0 Å². The number of nitrogens with zero attached hydrogens (tertiary/aromatic N) is 3. The standard InChI is InChI=1S/C26H26F2N4/c1-3-32(4-2)14-13-29-26-21-16-19-7-5-6-8-20(19)17-24(21)30-25(31-26)12-10-18-9-11-22(27)23(28)15-18/h5-12,15-17H,3-4,13-14H2,1-2H3,(H,29,30,31)/b12-10+. The van der Waals surface area contributed by atoms with E-state index in [1.165, 1.54) is 6.07 Å². The highest BCUT2D eigenvalue weighted by Crippen LogP contribution is 2.27. The van der Waals surface area contributed by atoms with E-state index in [-0.39, 0.29) is 0 Å². The van der Waals surface area contributed by atoms with Crippen molar-refractivity contribution < 1.29 is 8.78 Å². The number of hydrogen-bond donors (Lipinski definition) is 1. The lowest BCUT2D eigenvalue weighted by Crippen LogP contribution is -2.28. The Balaban J connectivity index is 1.71. The maximum absolute atomic E-state index is 13.5. The molecule has 3 aromatic carbocycles. The summed E-state index contributed by atoms with van der Waals surface area (Å²) >= 11 is 0. The molecule has 0 radical (unpaired) electrons. The van der Waals surface area contributed by atoms with Gasteiger partial charge in [0.1, 0.15) is 5.82 Å². The average Bonchev–Trinajstić information content (AvgIpc) is 2.81. The van der Waals surface area contributed by atoms with E-state index in [0.29, 0.717) is 11.4 Å². The van der Waals surface area contributed by atoms with Gasteiger partial charge in [0.2, 0.25) is 0 Å². The second-order valence-electron chi connectivity index (χ2n) is 7.61. The molecule has 0 saturated carbocycles. The number of rotatable bonds is 8. The van der Waals surface area contributed by atoms with Crippen molar-refractivity contribution in [1.82, 2.24) is 14.9 Å². The third-order valence-electron chi connectivity index (χ3n) is 5.56. The van der Waals surface area contributed by atoms with Gasteiger partial charge in [-0.3, -0.25) is 0 Å². The van der Waals surface area contributed by atoms with Crippen molar-refractivity contribution in [1.29, 1.82) is 0 Å². The van der Waals surface area contributed by atoms with Crippen LogP contribution in [0.15, 0.2) is 54.6 Å². The molecule has 1 heterocycles. The van der Waals surface area contributed by atoms with Crippen LogP contribution in [0.25, 0.3) is 33.8 Å². The maximum atomic E-state index is 13.5. The van der Waals surface area contributed by atoms with Crippen molar-refractivity contribution in [2.24, 2.45) is 0 Å². The predicted molar refractivity (Wildman–Crippen MR) is 129 cm³/mol. The predicted octanol–water partition coefficient (Wildman–Crippen LogP) is 5.99. The van der Waals surface area contributed by atoms with Gasteiger partial charge < -0.3 is 10.2 Å². The molecule has 4 rings (SSSR count). The number of fused-ring (bicyclic) bond motifs is 2. The van der Waals surface area contributed by atoms with E-state index < -0.39 is 11.6 Å². The van der Waals surface area contributed by atoms with Crippen LogP contribution >= 0.6 is 0 Å². The molecule has 0 aliphatic heterocycles. The van der Waals surface area contributed by atoms with Crippen LogP contribution in [0.4, 0.5) is 14.6 Å². The lowest BCUT2D eigenvalue weighted by molar-refractivity contribution is 0.316. The van der Waals surface area contributed by atoms with Crippen LogP contribution < -0.4 is 5.32 Å². The number of likely N-dealkylation sites (N-methyl/N-ethyl adjacent to an activating group) is 1. The van der Waals surface area contributed by atoms with Gasteiger partial charge in [0, 0.05) is 18.5 Å². The summed E-state index contributed by atoms with van der Waals surface area (Å²) in [4.78, 5) is 11.8. The van der Waals surface area contributed by atoms with Gasteiger partial charge in [-0.15, -0.1) is 0 Å². The van der Waals surface area contributed by atoms with E-state index in [1.54, 1.807) is 12.2 Å². The molecule has 0 bridgehead atoms. The topological polar surface area (TPSA) is 41.0 Å². The van der Waals surface area contributed by atoms with E-state index in [9.17, 15) is 8.78 Å². The largest absolute Gasteiger partial charge is 0.368 e. The lowest BCUT2D eigenvalue weighted by atomic mass is 10.1. The molecule has 0 fully saturated rings. The molecule has 0 aliphatic carbocycles.